The van der Waals surface area contributed by atoms with Gasteiger partial charge in [0, 0.05) is 5.56 Å². The van der Waals surface area contributed by atoms with Crippen LogP contribution in [0.3, 0.4) is 0 Å². The lowest BCUT2D eigenvalue weighted by Crippen LogP contribution is -2.27. The van der Waals surface area contributed by atoms with Crippen LogP contribution in [0.5, 0.6) is 5.75 Å². The summed E-state index contributed by atoms with van der Waals surface area (Å²) in [5.41, 5.74) is 2.12. The predicted octanol–water partition coefficient (Wildman–Crippen LogP) is 1.98. The fourth-order valence-electron chi connectivity index (χ4n) is 1.85. The monoisotopic (exact) mass is 201 g/mol. The van der Waals surface area contributed by atoms with Crippen LogP contribution in [0.15, 0.2) is 41.6 Å². The second-order valence-electron chi connectivity index (χ2n) is 3.69. The van der Waals surface area contributed by atoms with E-state index in [0.29, 0.717) is 5.92 Å². The van der Waals surface area contributed by atoms with Crippen LogP contribution in [-0.4, -0.2) is 18.9 Å². The number of oxime groups is 1. The van der Waals surface area contributed by atoms with E-state index in [1.807, 2.05) is 30.3 Å². The molecule has 1 aliphatic heterocycles. The van der Waals surface area contributed by atoms with Crippen LogP contribution >= 0.6 is 0 Å². The second kappa shape index (κ2) is 3.12. The molecule has 0 saturated heterocycles. The van der Waals surface area contributed by atoms with E-state index in [-0.39, 0.29) is 6.10 Å². The largest absolute Gasteiger partial charge is 0.497 e. The Morgan fingerprint density at radius 3 is 2.53 bits per heavy atom. The van der Waals surface area contributed by atoms with E-state index < -0.39 is 0 Å². The first kappa shape index (κ1) is 8.53. The molecule has 0 spiro atoms. The van der Waals surface area contributed by atoms with Gasteiger partial charge in [0.15, 0.2) is 6.10 Å². The number of rotatable bonds is 2. The first-order valence-electron chi connectivity index (χ1n) is 4.95. The topological polar surface area (TPSA) is 30.8 Å². The molecule has 1 aromatic carbocycles. The second-order valence-corrected chi connectivity index (χ2v) is 3.69. The predicted molar refractivity (Wildman–Crippen MR) is 57.0 cm³/mol. The van der Waals surface area contributed by atoms with E-state index in [9.17, 15) is 0 Å². The molecule has 3 heteroatoms. The third-order valence-corrected chi connectivity index (χ3v) is 2.84. The molecule has 0 aromatic heterocycles. The molecule has 1 aromatic rings. The molecule has 1 heterocycles. The van der Waals surface area contributed by atoms with Gasteiger partial charge >= 0.3 is 0 Å². The molecule has 2 unspecified atom stereocenters. The third-order valence-electron chi connectivity index (χ3n) is 2.84. The summed E-state index contributed by atoms with van der Waals surface area (Å²) in [6.07, 6.45) is 4.33. The van der Waals surface area contributed by atoms with Crippen LogP contribution in [0.1, 0.15) is 5.56 Å². The maximum atomic E-state index is 5.25. The molecule has 3 nitrogen and oxygen atoms in total. The molecular weight excluding hydrogens is 190 g/mol. The molecule has 0 amide bonds. The highest BCUT2D eigenvalue weighted by molar-refractivity contribution is 6.05. The van der Waals surface area contributed by atoms with Gasteiger partial charge in [0.05, 0.1) is 18.7 Å². The summed E-state index contributed by atoms with van der Waals surface area (Å²) in [7, 11) is 1.66. The van der Waals surface area contributed by atoms with Crippen molar-refractivity contribution in [2.75, 3.05) is 7.11 Å². The van der Waals surface area contributed by atoms with Crippen LogP contribution in [0.4, 0.5) is 0 Å². The van der Waals surface area contributed by atoms with Gasteiger partial charge in [-0.2, -0.15) is 0 Å². The van der Waals surface area contributed by atoms with Crippen LogP contribution in [0.25, 0.3) is 0 Å². The lowest BCUT2D eigenvalue weighted by molar-refractivity contribution is 0.0943. The average molecular weight is 201 g/mol. The lowest BCUT2D eigenvalue weighted by Gasteiger charge is -2.19. The summed E-state index contributed by atoms with van der Waals surface area (Å²) in [4.78, 5) is 5.25. The first-order chi connectivity index (χ1) is 7.38. The minimum Gasteiger partial charge on any atom is -0.497 e. The smallest absolute Gasteiger partial charge is 0.157 e. The molecule has 0 radical (unpaired) electrons. The van der Waals surface area contributed by atoms with Crippen molar-refractivity contribution in [2.45, 2.75) is 6.10 Å². The van der Waals surface area contributed by atoms with E-state index in [4.69, 9.17) is 9.57 Å². The summed E-state index contributed by atoms with van der Waals surface area (Å²) in [6, 6.07) is 7.90. The summed E-state index contributed by atoms with van der Waals surface area (Å²) in [5, 5.41) is 4.10. The van der Waals surface area contributed by atoms with Crippen LogP contribution in [0, 0.1) is 5.92 Å². The van der Waals surface area contributed by atoms with E-state index in [2.05, 4.69) is 11.2 Å². The molecule has 3 rings (SSSR count). The number of nitrogens with zero attached hydrogens (tertiary/aromatic N) is 1. The zero-order chi connectivity index (χ0) is 10.3. The Hall–Kier alpha value is -1.77. The SMILES string of the molecule is COc1ccc(C2=NOC3C=CC23)cc1. The third kappa shape index (κ3) is 1.23. The molecular formula is C12H11NO2. The van der Waals surface area contributed by atoms with Gasteiger partial charge in [-0.1, -0.05) is 11.2 Å². The van der Waals surface area contributed by atoms with Gasteiger partial charge in [-0.25, -0.2) is 0 Å². The van der Waals surface area contributed by atoms with Crippen molar-refractivity contribution < 1.29 is 9.57 Å². The minimum absolute atomic E-state index is 0.169. The highest BCUT2D eigenvalue weighted by Gasteiger charge is 2.36. The summed E-state index contributed by atoms with van der Waals surface area (Å²) in [5.74, 6) is 1.21. The maximum Gasteiger partial charge on any atom is 0.157 e. The van der Waals surface area contributed by atoms with Crippen molar-refractivity contribution in [1.29, 1.82) is 0 Å². The summed E-state index contributed by atoms with van der Waals surface area (Å²) in [6.45, 7) is 0. The maximum absolute atomic E-state index is 5.25. The number of hydrogen-bond acceptors (Lipinski definition) is 3. The number of fused-ring (bicyclic) bond motifs is 1. The van der Waals surface area contributed by atoms with Crippen LogP contribution < -0.4 is 4.74 Å². The van der Waals surface area contributed by atoms with Crippen molar-refractivity contribution in [3.63, 3.8) is 0 Å². The number of hydrogen-bond donors (Lipinski definition) is 0. The fourth-order valence-corrected chi connectivity index (χ4v) is 1.85. The molecule has 0 N–H and O–H groups in total. The molecule has 2 aliphatic rings. The molecule has 2 atom stereocenters. The molecule has 76 valence electrons. The van der Waals surface area contributed by atoms with Crippen LogP contribution in [0.2, 0.25) is 0 Å². The van der Waals surface area contributed by atoms with Crippen LogP contribution in [-0.2, 0) is 4.84 Å². The zero-order valence-corrected chi connectivity index (χ0v) is 8.38. The van der Waals surface area contributed by atoms with E-state index >= 15 is 0 Å². The van der Waals surface area contributed by atoms with Gasteiger partial charge in [-0.3, -0.25) is 0 Å². The molecule has 15 heavy (non-hydrogen) atoms. The van der Waals surface area contributed by atoms with E-state index in [1.54, 1.807) is 7.11 Å². The van der Waals surface area contributed by atoms with Crippen molar-refractivity contribution >= 4 is 5.71 Å². The molecule has 0 fully saturated rings. The van der Waals surface area contributed by atoms with Crippen molar-refractivity contribution in [3.05, 3.63) is 42.0 Å². The van der Waals surface area contributed by atoms with Crippen molar-refractivity contribution in [3.8, 4) is 5.75 Å². The number of methoxy groups -OCH3 is 1. The van der Waals surface area contributed by atoms with Gasteiger partial charge in [0.25, 0.3) is 0 Å². The summed E-state index contributed by atoms with van der Waals surface area (Å²) >= 11 is 0. The highest BCUT2D eigenvalue weighted by atomic mass is 16.6. The molecule has 1 aliphatic carbocycles. The normalized spacial score (nSPS) is 26.3. The van der Waals surface area contributed by atoms with Crippen molar-refractivity contribution in [2.24, 2.45) is 11.1 Å². The Morgan fingerprint density at radius 1 is 1.20 bits per heavy atom. The standard InChI is InChI=1S/C12H11NO2/c1-14-9-4-2-8(3-5-9)12-10-6-7-11(10)15-13-12/h2-7,10-11H,1H3. The Morgan fingerprint density at radius 2 is 2.00 bits per heavy atom. The summed E-state index contributed by atoms with van der Waals surface area (Å²) < 4.78 is 5.11. The fraction of sp³-hybridized carbons (Fsp3) is 0.250. The molecule has 0 bridgehead atoms. The Balaban J connectivity index is 1.90. The number of benzene rings is 1. The Kier molecular flexibility index (Phi) is 1.78. The van der Waals surface area contributed by atoms with E-state index in [0.717, 1.165) is 17.0 Å². The van der Waals surface area contributed by atoms with Gasteiger partial charge in [0.2, 0.25) is 0 Å². The van der Waals surface area contributed by atoms with E-state index in [1.165, 1.54) is 0 Å². The Labute approximate surface area is 88.0 Å². The number of ether oxygens (including phenoxy) is 1. The van der Waals surface area contributed by atoms with Gasteiger partial charge in [-0.15, -0.1) is 0 Å². The average Bonchev–Trinajstić information content (AvgIpc) is 2.54. The quantitative estimate of drug-likeness (QED) is 0.685. The zero-order valence-electron chi connectivity index (χ0n) is 8.38. The minimum atomic E-state index is 0.169. The van der Waals surface area contributed by atoms with Crippen molar-refractivity contribution in [1.82, 2.24) is 0 Å². The molecule has 0 saturated carbocycles. The first-order valence-corrected chi connectivity index (χ1v) is 4.95. The van der Waals surface area contributed by atoms with Gasteiger partial charge in [-0.05, 0) is 30.3 Å². The van der Waals surface area contributed by atoms with Gasteiger partial charge < -0.3 is 9.57 Å². The highest BCUT2D eigenvalue weighted by Crippen LogP contribution is 2.32. The van der Waals surface area contributed by atoms with Gasteiger partial charge in [0.1, 0.15) is 5.75 Å². The lowest BCUT2D eigenvalue weighted by atomic mass is 9.85. The Bertz CT molecular complexity index is 433.